The number of carbonyl (C=O) groups is 1. The van der Waals surface area contributed by atoms with Gasteiger partial charge in [0.15, 0.2) is 5.17 Å². The molecule has 0 spiro atoms. The van der Waals surface area contributed by atoms with Crippen LogP contribution in [0.2, 0.25) is 0 Å². The summed E-state index contributed by atoms with van der Waals surface area (Å²) < 4.78 is 5.67. The zero-order chi connectivity index (χ0) is 23.5. The molecule has 1 aromatic heterocycles. The number of nitrogens with one attached hydrogen (secondary N) is 1. The standard InChI is InChI=1S/C22H16N4O6S/c1-2-13-3-5-14(6-4-13)23-22-24-21(27)20(33-22)12-16-8-10-19(32-16)17-9-7-15(25(28)29)11-18(17)26(30)31/h3-12H,2H2,1H3,(H,23,24,27)/b20-12-. The molecule has 1 saturated heterocycles. The van der Waals surface area contributed by atoms with E-state index < -0.39 is 21.2 Å². The predicted molar refractivity (Wildman–Crippen MR) is 124 cm³/mol. The SMILES string of the molecule is CCc1ccc(N=C2NC(=O)/C(=C/c3ccc(-c4ccc([N+](=O)[O-])cc4[N+](=O)[O-])o3)S2)cc1. The van der Waals surface area contributed by atoms with Gasteiger partial charge >= 0.3 is 0 Å². The Morgan fingerprint density at radius 3 is 2.48 bits per heavy atom. The summed E-state index contributed by atoms with van der Waals surface area (Å²) in [6.45, 7) is 2.06. The number of nitrogens with zero attached hydrogens (tertiary/aromatic N) is 3. The van der Waals surface area contributed by atoms with Crippen LogP contribution in [-0.2, 0) is 11.2 Å². The lowest BCUT2D eigenvalue weighted by molar-refractivity contribution is -0.393. The topological polar surface area (TPSA) is 141 Å². The maximum Gasteiger partial charge on any atom is 0.287 e. The zero-order valence-electron chi connectivity index (χ0n) is 17.2. The lowest BCUT2D eigenvalue weighted by Gasteiger charge is -2.00. The average Bonchev–Trinajstić information content (AvgIpc) is 3.40. The highest BCUT2D eigenvalue weighted by Gasteiger charge is 2.25. The summed E-state index contributed by atoms with van der Waals surface area (Å²) in [6.07, 6.45) is 2.42. The summed E-state index contributed by atoms with van der Waals surface area (Å²) in [5.41, 5.74) is 1.15. The number of rotatable bonds is 6. The van der Waals surface area contributed by atoms with E-state index in [1.165, 1.54) is 29.8 Å². The summed E-state index contributed by atoms with van der Waals surface area (Å²) in [4.78, 5) is 38.0. The van der Waals surface area contributed by atoms with Crippen LogP contribution in [0, 0.1) is 20.2 Å². The van der Waals surface area contributed by atoms with Crippen molar-refractivity contribution in [1.29, 1.82) is 0 Å². The molecular formula is C22H16N4O6S. The Hall–Kier alpha value is -4.25. The summed E-state index contributed by atoms with van der Waals surface area (Å²) >= 11 is 1.14. The van der Waals surface area contributed by atoms with Crippen LogP contribution in [0.25, 0.3) is 17.4 Å². The normalized spacial score (nSPS) is 15.7. The number of non-ortho nitro benzene ring substituents is 1. The number of thioether (sulfide) groups is 1. The molecule has 1 fully saturated rings. The highest BCUT2D eigenvalue weighted by Crippen LogP contribution is 2.35. The van der Waals surface area contributed by atoms with Crippen molar-refractivity contribution >= 4 is 46.0 Å². The van der Waals surface area contributed by atoms with E-state index in [2.05, 4.69) is 17.2 Å². The molecule has 2 aromatic carbocycles. The van der Waals surface area contributed by atoms with Crippen LogP contribution < -0.4 is 5.32 Å². The molecule has 1 aliphatic heterocycles. The molecule has 11 heteroatoms. The molecular weight excluding hydrogens is 448 g/mol. The first-order valence-corrected chi connectivity index (χ1v) is 10.6. The number of amidine groups is 1. The molecule has 0 bridgehead atoms. The number of aryl methyl sites for hydroxylation is 1. The number of hydrogen-bond acceptors (Lipinski definition) is 8. The monoisotopic (exact) mass is 464 g/mol. The molecule has 0 aliphatic carbocycles. The second kappa shape index (κ2) is 9.09. The molecule has 1 N–H and O–H groups in total. The lowest BCUT2D eigenvalue weighted by Crippen LogP contribution is -2.19. The number of hydrogen-bond donors (Lipinski definition) is 1. The van der Waals surface area contributed by atoms with Gasteiger partial charge in [0.05, 0.1) is 32.1 Å². The van der Waals surface area contributed by atoms with Gasteiger partial charge in [-0.3, -0.25) is 25.0 Å². The number of nitro groups is 2. The Morgan fingerprint density at radius 1 is 1.06 bits per heavy atom. The van der Waals surface area contributed by atoms with Crippen molar-refractivity contribution in [2.45, 2.75) is 13.3 Å². The van der Waals surface area contributed by atoms with Gasteiger partial charge in [-0.25, -0.2) is 4.99 Å². The first-order valence-electron chi connectivity index (χ1n) is 9.75. The number of furan rings is 1. The summed E-state index contributed by atoms with van der Waals surface area (Å²) in [5, 5.41) is 25.4. The number of carbonyl (C=O) groups excluding carboxylic acids is 1. The van der Waals surface area contributed by atoms with Gasteiger partial charge in [-0.15, -0.1) is 0 Å². The maximum absolute atomic E-state index is 12.3. The quantitative estimate of drug-likeness (QED) is 0.299. The van der Waals surface area contributed by atoms with Gasteiger partial charge in [0.25, 0.3) is 17.3 Å². The lowest BCUT2D eigenvalue weighted by atomic mass is 10.1. The summed E-state index contributed by atoms with van der Waals surface area (Å²) in [6, 6.07) is 14.1. The van der Waals surface area contributed by atoms with Crippen LogP contribution >= 0.6 is 11.8 Å². The van der Waals surface area contributed by atoms with Crippen molar-refractivity contribution in [3.8, 4) is 11.3 Å². The Balaban J connectivity index is 1.57. The maximum atomic E-state index is 12.3. The smallest absolute Gasteiger partial charge is 0.287 e. The first-order chi connectivity index (χ1) is 15.8. The Labute approximate surface area is 191 Å². The van der Waals surface area contributed by atoms with Gasteiger partial charge in [-0.05, 0) is 54.1 Å². The van der Waals surface area contributed by atoms with Crippen molar-refractivity contribution in [1.82, 2.24) is 5.32 Å². The largest absolute Gasteiger partial charge is 0.456 e. The molecule has 1 amide bonds. The summed E-state index contributed by atoms with van der Waals surface area (Å²) in [7, 11) is 0. The van der Waals surface area contributed by atoms with Crippen molar-refractivity contribution < 1.29 is 19.1 Å². The van der Waals surface area contributed by atoms with Gasteiger partial charge in [0.2, 0.25) is 0 Å². The molecule has 10 nitrogen and oxygen atoms in total. The fraction of sp³-hybridized carbons (Fsp3) is 0.0909. The molecule has 0 radical (unpaired) electrons. The van der Waals surface area contributed by atoms with Gasteiger partial charge < -0.3 is 9.73 Å². The third-order valence-corrected chi connectivity index (χ3v) is 5.69. The van der Waals surface area contributed by atoms with E-state index in [0.29, 0.717) is 21.5 Å². The van der Waals surface area contributed by atoms with Crippen LogP contribution in [0.15, 0.2) is 68.9 Å². The molecule has 166 valence electrons. The third-order valence-electron chi connectivity index (χ3n) is 4.78. The Kier molecular flexibility index (Phi) is 6.05. The fourth-order valence-electron chi connectivity index (χ4n) is 3.10. The van der Waals surface area contributed by atoms with E-state index in [0.717, 1.165) is 24.2 Å². The van der Waals surface area contributed by atoms with Crippen LogP contribution in [0.3, 0.4) is 0 Å². The number of benzene rings is 2. The number of amides is 1. The molecule has 0 unspecified atom stereocenters. The molecule has 3 aromatic rings. The molecule has 0 saturated carbocycles. The van der Waals surface area contributed by atoms with E-state index >= 15 is 0 Å². The Morgan fingerprint density at radius 2 is 1.82 bits per heavy atom. The van der Waals surface area contributed by atoms with Crippen LogP contribution in [0.1, 0.15) is 18.2 Å². The molecule has 33 heavy (non-hydrogen) atoms. The van der Waals surface area contributed by atoms with Gasteiger partial charge in [0.1, 0.15) is 11.5 Å². The van der Waals surface area contributed by atoms with Gasteiger partial charge in [-0.1, -0.05) is 19.1 Å². The van der Waals surface area contributed by atoms with E-state index in [1.807, 2.05) is 24.3 Å². The second-order valence-corrected chi connectivity index (χ2v) is 7.95. The van der Waals surface area contributed by atoms with E-state index in [1.54, 1.807) is 6.07 Å². The molecule has 2 heterocycles. The molecule has 1 aliphatic rings. The summed E-state index contributed by atoms with van der Waals surface area (Å²) in [5.74, 6) is 0.101. The van der Waals surface area contributed by atoms with Gasteiger partial charge in [0, 0.05) is 12.1 Å². The molecule has 0 atom stereocenters. The predicted octanol–water partition coefficient (Wildman–Crippen LogP) is 5.22. The van der Waals surface area contributed by atoms with Gasteiger partial charge in [-0.2, -0.15) is 0 Å². The molecule has 4 rings (SSSR count). The Bertz CT molecular complexity index is 1330. The first kappa shape index (κ1) is 22.0. The van der Waals surface area contributed by atoms with E-state index in [-0.39, 0.29) is 17.2 Å². The van der Waals surface area contributed by atoms with E-state index in [9.17, 15) is 25.0 Å². The number of aliphatic imine (C=N–C) groups is 1. The van der Waals surface area contributed by atoms with Crippen molar-refractivity contribution in [3.05, 3.63) is 91.1 Å². The minimum atomic E-state index is -0.709. The van der Waals surface area contributed by atoms with E-state index in [4.69, 9.17) is 4.42 Å². The second-order valence-electron chi connectivity index (χ2n) is 6.92. The zero-order valence-corrected chi connectivity index (χ0v) is 18.0. The third kappa shape index (κ3) is 4.83. The highest BCUT2D eigenvalue weighted by molar-refractivity contribution is 8.18. The van der Waals surface area contributed by atoms with Crippen molar-refractivity contribution in [2.24, 2.45) is 4.99 Å². The van der Waals surface area contributed by atoms with Crippen LogP contribution in [0.5, 0.6) is 0 Å². The van der Waals surface area contributed by atoms with Crippen molar-refractivity contribution in [2.75, 3.05) is 0 Å². The van der Waals surface area contributed by atoms with Crippen molar-refractivity contribution in [3.63, 3.8) is 0 Å². The van der Waals surface area contributed by atoms with Crippen LogP contribution in [-0.4, -0.2) is 20.9 Å². The highest BCUT2D eigenvalue weighted by atomic mass is 32.2. The average molecular weight is 464 g/mol. The van der Waals surface area contributed by atoms with Crippen LogP contribution in [0.4, 0.5) is 17.1 Å². The minimum absolute atomic E-state index is 0.0940. The number of nitro benzene ring substituents is 2. The fourth-order valence-corrected chi connectivity index (χ4v) is 3.92. The minimum Gasteiger partial charge on any atom is -0.456 e.